The van der Waals surface area contributed by atoms with Crippen molar-refractivity contribution in [3.05, 3.63) is 60.2 Å². The van der Waals surface area contributed by atoms with Gasteiger partial charge in [-0.15, -0.1) is 0 Å². The lowest BCUT2D eigenvalue weighted by Crippen LogP contribution is -3.16. The first kappa shape index (κ1) is 19.7. The van der Waals surface area contributed by atoms with Crippen LogP contribution in [0.3, 0.4) is 0 Å². The summed E-state index contributed by atoms with van der Waals surface area (Å²) in [5, 5.41) is 4.89. The van der Waals surface area contributed by atoms with Crippen LogP contribution < -0.4 is 25.2 Å². The zero-order chi connectivity index (χ0) is 19.9. The monoisotopic (exact) mass is 383 g/mol. The van der Waals surface area contributed by atoms with E-state index in [2.05, 4.69) is 27.7 Å². The highest BCUT2D eigenvalue weighted by Gasteiger charge is 2.35. The van der Waals surface area contributed by atoms with E-state index >= 15 is 0 Å². The predicted molar refractivity (Wildman–Crippen MR) is 108 cm³/mol. The van der Waals surface area contributed by atoms with Gasteiger partial charge in [0.2, 0.25) is 0 Å². The van der Waals surface area contributed by atoms with E-state index < -0.39 is 12.1 Å². The molecule has 7 heteroatoms. The molecule has 1 aliphatic heterocycles. The maximum absolute atomic E-state index is 12.8. The summed E-state index contributed by atoms with van der Waals surface area (Å²) in [5.41, 5.74) is 2.06. The van der Waals surface area contributed by atoms with Crippen molar-refractivity contribution < 1.29 is 19.2 Å². The molecule has 28 heavy (non-hydrogen) atoms. The minimum atomic E-state index is -0.484. The SMILES string of the molecule is CNC(=O)NC(=O)[C@H](c1ccccc1)[NH+]1CCN(c2ccc(OC)cc2)CC1. The van der Waals surface area contributed by atoms with Crippen molar-refractivity contribution in [1.82, 2.24) is 10.6 Å². The van der Waals surface area contributed by atoms with Crippen LogP contribution in [0.2, 0.25) is 0 Å². The van der Waals surface area contributed by atoms with Crippen LogP contribution in [0.15, 0.2) is 54.6 Å². The molecular formula is C21H27N4O3+. The molecule has 2 aromatic rings. The number of anilines is 1. The van der Waals surface area contributed by atoms with Gasteiger partial charge in [0.15, 0.2) is 6.04 Å². The number of hydrogen-bond donors (Lipinski definition) is 3. The number of nitrogens with one attached hydrogen (secondary N) is 3. The normalized spacial score (nSPS) is 15.6. The number of piperazine rings is 1. The highest BCUT2D eigenvalue weighted by atomic mass is 16.5. The van der Waals surface area contributed by atoms with E-state index in [1.807, 2.05) is 42.5 Å². The summed E-state index contributed by atoms with van der Waals surface area (Å²) in [6.07, 6.45) is 0. The van der Waals surface area contributed by atoms with Gasteiger partial charge in [-0.1, -0.05) is 30.3 Å². The lowest BCUT2D eigenvalue weighted by atomic mass is 10.0. The molecule has 1 aliphatic rings. The van der Waals surface area contributed by atoms with Crippen molar-refractivity contribution in [2.75, 3.05) is 45.2 Å². The van der Waals surface area contributed by atoms with Crippen LogP contribution in [0, 0.1) is 0 Å². The highest BCUT2D eigenvalue weighted by molar-refractivity contribution is 5.96. The minimum absolute atomic E-state index is 0.279. The number of amides is 3. The second kappa shape index (κ2) is 9.23. The number of hydrogen-bond acceptors (Lipinski definition) is 4. The molecule has 3 rings (SSSR count). The Labute approximate surface area is 165 Å². The summed E-state index contributed by atoms with van der Waals surface area (Å²) in [6, 6.07) is 16.8. The molecule has 2 aromatic carbocycles. The predicted octanol–water partition coefficient (Wildman–Crippen LogP) is 0.597. The molecule has 0 unspecified atom stereocenters. The summed E-state index contributed by atoms with van der Waals surface area (Å²) in [6.45, 7) is 3.26. The quantitative estimate of drug-likeness (QED) is 0.707. The van der Waals surface area contributed by atoms with Gasteiger partial charge in [0.05, 0.1) is 33.3 Å². The number of ether oxygens (including phenoxy) is 1. The maximum atomic E-state index is 12.8. The number of carbonyl (C=O) groups excluding carboxylic acids is 2. The Balaban J connectivity index is 1.71. The van der Waals surface area contributed by atoms with Crippen LogP contribution in [0.5, 0.6) is 5.75 Å². The van der Waals surface area contributed by atoms with Crippen LogP contribution in [0.1, 0.15) is 11.6 Å². The van der Waals surface area contributed by atoms with Crippen LogP contribution in [0.4, 0.5) is 10.5 Å². The number of quaternary nitrogens is 1. The number of imide groups is 1. The van der Waals surface area contributed by atoms with Crippen LogP contribution in [0.25, 0.3) is 0 Å². The van der Waals surface area contributed by atoms with Gasteiger partial charge in [-0.3, -0.25) is 10.1 Å². The zero-order valence-electron chi connectivity index (χ0n) is 16.3. The third-order valence-electron chi connectivity index (χ3n) is 5.11. The lowest BCUT2D eigenvalue weighted by molar-refractivity contribution is -0.922. The lowest BCUT2D eigenvalue weighted by Gasteiger charge is -2.37. The van der Waals surface area contributed by atoms with Gasteiger partial charge in [0, 0.05) is 18.3 Å². The summed E-state index contributed by atoms with van der Waals surface area (Å²) in [4.78, 5) is 27.9. The summed E-state index contributed by atoms with van der Waals surface area (Å²) in [7, 11) is 3.16. The van der Waals surface area contributed by atoms with E-state index in [1.54, 1.807) is 7.11 Å². The molecule has 3 amide bonds. The molecule has 0 spiro atoms. The molecule has 0 aliphatic carbocycles. The van der Waals surface area contributed by atoms with E-state index in [0.29, 0.717) is 0 Å². The van der Waals surface area contributed by atoms with Crippen LogP contribution >= 0.6 is 0 Å². The van der Waals surface area contributed by atoms with E-state index in [-0.39, 0.29) is 5.91 Å². The highest BCUT2D eigenvalue weighted by Crippen LogP contribution is 2.19. The van der Waals surface area contributed by atoms with Gasteiger partial charge in [-0.25, -0.2) is 4.79 Å². The Morgan fingerprint density at radius 3 is 2.25 bits per heavy atom. The van der Waals surface area contributed by atoms with Gasteiger partial charge >= 0.3 is 6.03 Å². The number of nitrogens with zero attached hydrogens (tertiary/aromatic N) is 1. The Morgan fingerprint density at radius 1 is 1.04 bits per heavy atom. The zero-order valence-corrected chi connectivity index (χ0v) is 16.3. The van der Waals surface area contributed by atoms with E-state index in [0.717, 1.165) is 48.1 Å². The molecule has 0 radical (unpaired) electrons. The first-order valence-electron chi connectivity index (χ1n) is 9.43. The largest absolute Gasteiger partial charge is 0.497 e. The average Bonchev–Trinajstić information content (AvgIpc) is 2.75. The molecular weight excluding hydrogens is 356 g/mol. The van der Waals surface area contributed by atoms with E-state index in [1.165, 1.54) is 7.05 Å². The topological polar surface area (TPSA) is 75.1 Å². The summed E-state index contributed by atoms with van der Waals surface area (Å²) < 4.78 is 5.22. The molecule has 1 heterocycles. The van der Waals surface area contributed by atoms with Crippen molar-refractivity contribution in [3.63, 3.8) is 0 Å². The standard InChI is InChI=1S/C21H26N4O3/c1-22-21(27)23-20(26)19(16-6-4-3-5-7-16)25-14-12-24(13-15-25)17-8-10-18(28-2)11-9-17/h3-11,19H,12-15H2,1-2H3,(H2,22,23,26,27)/p+1/t19-/m0/s1. The maximum Gasteiger partial charge on any atom is 0.321 e. The number of carbonyl (C=O) groups is 2. The Kier molecular flexibility index (Phi) is 6.49. The third kappa shape index (κ3) is 4.61. The summed E-state index contributed by atoms with van der Waals surface area (Å²) in [5.74, 6) is 0.557. The van der Waals surface area contributed by atoms with Crippen molar-refractivity contribution >= 4 is 17.6 Å². The Hall–Kier alpha value is -3.06. The van der Waals surface area contributed by atoms with Crippen LogP contribution in [-0.2, 0) is 4.79 Å². The molecule has 1 fully saturated rings. The smallest absolute Gasteiger partial charge is 0.321 e. The molecule has 3 N–H and O–H groups in total. The van der Waals surface area contributed by atoms with Crippen LogP contribution in [-0.4, -0.2) is 52.3 Å². The second-order valence-corrected chi connectivity index (χ2v) is 6.76. The molecule has 0 bridgehead atoms. The molecule has 148 valence electrons. The fourth-order valence-electron chi connectivity index (χ4n) is 3.60. The average molecular weight is 383 g/mol. The van der Waals surface area contributed by atoms with Crippen molar-refractivity contribution in [2.45, 2.75) is 6.04 Å². The van der Waals surface area contributed by atoms with Gasteiger partial charge in [-0.05, 0) is 24.3 Å². The number of benzene rings is 2. The van der Waals surface area contributed by atoms with Gasteiger partial charge in [0.25, 0.3) is 5.91 Å². The van der Waals surface area contributed by atoms with Crippen molar-refractivity contribution in [1.29, 1.82) is 0 Å². The fourth-order valence-corrected chi connectivity index (χ4v) is 3.60. The number of urea groups is 1. The first-order chi connectivity index (χ1) is 13.6. The second-order valence-electron chi connectivity index (χ2n) is 6.76. The molecule has 1 atom stereocenters. The number of methoxy groups -OCH3 is 1. The molecule has 1 saturated heterocycles. The van der Waals surface area contributed by atoms with E-state index in [9.17, 15) is 9.59 Å². The molecule has 0 saturated carbocycles. The van der Waals surface area contributed by atoms with Crippen molar-refractivity contribution in [2.24, 2.45) is 0 Å². The summed E-state index contributed by atoms with van der Waals surface area (Å²) >= 11 is 0. The Bertz CT molecular complexity index is 787. The fraction of sp³-hybridized carbons (Fsp3) is 0.333. The minimum Gasteiger partial charge on any atom is -0.497 e. The third-order valence-corrected chi connectivity index (χ3v) is 5.11. The molecule has 7 nitrogen and oxygen atoms in total. The Morgan fingerprint density at radius 2 is 1.68 bits per heavy atom. The molecule has 0 aromatic heterocycles. The first-order valence-corrected chi connectivity index (χ1v) is 9.43. The van der Waals surface area contributed by atoms with Crippen molar-refractivity contribution in [3.8, 4) is 5.75 Å². The van der Waals surface area contributed by atoms with Gasteiger partial charge < -0.3 is 19.9 Å². The van der Waals surface area contributed by atoms with Gasteiger partial charge in [0.1, 0.15) is 5.75 Å². The van der Waals surface area contributed by atoms with Gasteiger partial charge in [-0.2, -0.15) is 0 Å². The van der Waals surface area contributed by atoms with E-state index in [4.69, 9.17) is 4.74 Å². The number of rotatable bonds is 5.